The summed E-state index contributed by atoms with van der Waals surface area (Å²) in [6.45, 7) is 8.36. The molecule has 0 aliphatic carbocycles. The number of nitrogens with two attached hydrogens (primary N) is 1. The van der Waals surface area contributed by atoms with E-state index in [1.807, 2.05) is 13.0 Å². The Balaban J connectivity index is 2.34. The number of oxime groups is 1. The Morgan fingerprint density at radius 3 is 2.76 bits per heavy atom. The lowest BCUT2D eigenvalue weighted by Crippen LogP contribution is -2.38. The number of likely N-dealkylation sites (tertiary alicyclic amines) is 1. The van der Waals surface area contributed by atoms with Gasteiger partial charge in [-0.1, -0.05) is 42.5 Å². The molecule has 0 saturated carbocycles. The molecule has 1 aliphatic rings. The lowest BCUT2D eigenvalue weighted by atomic mass is 10.1. The number of hydrogen-bond acceptors (Lipinski definition) is 4. The maximum Gasteiger partial charge on any atom is 0.169 e. The van der Waals surface area contributed by atoms with Crippen LogP contribution in [0.3, 0.4) is 0 Å². The number of hydrogen-bond donors (Lipinski definition) is 2. The van der Waals surface area contributed by atoms with E-state index in [-0.39, 0.29) is 6.61 Å². The van der Waals surface area contributed by atoms with Gasteiger partial charge in [0, 0.05) is 12.1 Å². The van der Waals surface area contributed by atoms with E-state index < -0.39 is 6.10 Å². The van der Waals surface area contributed by atoms with Gasteiger partial charge in [0.25, 0.3) is 0 Å². The van der Waals surface area contributed by atoms with Crippen molar-refractivity contribution in [1.82, 2.24) is 4.90 Å². The SMILES string of the molecule is C=C\C=C/C(=C\C)C(/N)=N/OCC(O)CN1CCCCC1. The van der Waals surface area contributed by atoms with E-state index >= 15 is 0 Å². The zero-order valence-electron chi connectivity index (χ0n) is 12.9. The van der Waals surface area contributed by atoms with Crippen LogP contribution in [0.5, 0.6) is 0 Å². The molecule has 1 fully saturated rings. The summed E-state index contributed by atoms with van der Waals surface area (Å²) in [4.78, 5) is 7.41. The van der Waals surface area contributed by atoms with Gasteiger partial charge in [0.1, 0.15) is 12.7 Å². The second-order valence-corrected chi connectivity index (χ2v) is 5.13. The summed E-state index contributed by atoms with van der Waals surface area (Å²) < 4.78 is 0. The van der Waals surface area contributed by atoms with Gasteiger partial charge in [-0.05, 0) is 32.9 Å². The number of aliphatic hydroxyl groups excluding tert-OH is 1. The van der Waals surface area contributed by atoms with Gasteiger partial charge in [-0.3, -0.25) is 0 Å². The Labute approximate surface area is 127 Å². The molecule has 1 heterocycles. The Bertz CT molecular complexity index is 396. The second kappa shape index (κ2) is 10.2. The summed E-state index contributed by atoms with van der Waals surface area (Å²) in [5.74, 6) is 0.292. The molecule has 1 atom stereocenters. The van der Waals surface area contributed by atoms with Gasteiger partial charge in [0.15, 0.2) is 5.84 Å². The highest BCUT2D eigenvalue weighted by Crippen LogP contribution is 2.09. The van der Waals surface area contributed by atoms with E-state index in [4.69, 9.17) is 10.6 Å². The number of piperidine rings is 1. The predicted octanol–water partition coefficient (Wildman–Crippen LogP) is 1.81. The van der Waals surface area contributed by atoms with Crippen LogP contribution in [0.25, 0.3) is 0 Å². The van der Waals surface area contributed by atoms with Crippen LogP contribution < -0.4 is 5.73 Å². The third-order valence-corrected chi connectivity index (χ3v) is 3.37. The van der Waals surface area contributed by atoms with E-state index in [0.717, 1.165) is 18.7 Å². The molecule has 1 aliphatic heterocycles. The summed E-state index contributed by atoms with van der Waals surface area (Å²) >= 11 is 0. The average molecular weight is 293 g/mol. The third-order valence-electron chi connectivity index (χ3n) is 3.37. The van der Waals surface area contributed by atoms with Gasteiger partial charge >= 0.3 is 0 Å². The highest BCUT2D eigenvalue weighted by atomic mass is 16.6. The van der Waals surface area contributed by atoms with Gasteiger partial charge in [-0.25, -0.2) is 0 Å². The zero-order chi connectivity index (χ0) is 15.5. The van der Waals surface area contributed by atoms with Crippen LogP contribution in [0.15, 0.2) is 41.6 Å². The van der Waals surface area contributed by atoms with Crippen LogP contribution >= 0.6 is 0 Å². The standard InChI is InChI=1S/C16H27N3O2/c1-3-5-9-14(4-2)16(17)18-21-13-15(20)12-19-10-7-6-8-11-19/h3-5,9,15,20H,1,6-8,10-13H2,2H3,(H2,17,18)/b9-5-,14-4+. The van der Waals surface area contributed by atoms with Crippen molar-refractivity contribution in [1.29, 1.82) is 0 Å². The first-order chi connectivity index (χ1) is 10.2. The smallest absolute Gasteiger partial charge is 0.169 e. The second-order valence-electron chi connectivity index (χ2n) is 5.13. The average Bonchev–Trinajstić information content (AvgIpc) is 2.49. The maximum atomic E-state index is 9.93. The topological polar surface area (TPSA) is 71.1 Å². The first kappa shape index (κ1) is 17.5. The molecule has 0 aromatic rings. The molecular weight excluding hydrogens is 266 g/mol. The van der Waals surface area contributed by atoms with E-state index in [9.17, 15) is 5.11 Å². The molecule has 0 aromatic heterocycles. The van der Waals surface area contributed by atoms with Gasteiger partial charge in [0.2, 0.25) is 0 Å². The minimum atomic E-state index is -0.544. The molecule has 0 aromatic carbocycles. The van der Waals surface area contributed by atoms with Crippen LogP contribution in [-0.4, -0.2) is 48.2 Å². The Hall–Kier alpha value is -1.59. The summed E-state index contributed by atoms with van der Waals surface area (Å²) in [6, 6.07) is 0. The van der Waals surface area contributed by atoms with Gasteiger partial charge in [0.05, 0.1) is 0 Å². The first-order valence-corrected chi connectivity index (χ1v) is 7.49. The molecule has 1 rings (SSSR count). The van der Waals surface area contributed by atoms with E-state index in [1.54, 1.807) is 18.2 Å². The summed E-state index contributed by atoms with van der Waals surface area (Å²) in [5.41, 5.74) is 6.58. The van der Waals surface area contributed by atoms with Gasteiger partial charge in [-0.15, -0.1) is 0 Å². The van der Waals surface area contributed by atoms with Crippen LogP contribution in [0.2, 0.25) is 0 Å². The fourth-order valence-electron chi connectivity index (χ4n) is 2.24. The van der Waals surface area contributed by atoms with Crippen LogP contribution in [-0.2, 0) is 4.84 Å². The molecular formula is C16H27N3O2. The molecule has 5 nitrogen and oxygen atoms in total. The maximum absolute atomic E-state index is 9.93. The van der Waals surface area contributed by atoms with Crippen LogP contribution in [0.4, 0.5) is 0 Å². The van der Waals surface area contributed by atoms with Crippen LogP contribution in [0.1, 0.15) is 26.2 Å². The largest absolute Gasteiger partial charge is 0.391 e. The fourth-order valence-corrected chi connectivity index (χ4v) is 2.24. The number of amidine groups is 1. The van der Waals surface area contributed by atoms with E-state index in [0.29, 0.717) is 12.4 Å². The monoisotopic (exact) mass is 293 g/mol. The Morgan fingerprint density at radius 1 is 1.43 bits per heavy atom. The number of nitrogens with zero attached hydrogens (tertiary/aromatic N) is 2. The molecule has 0 spiro atoms. The summed E-state index contributed by atoms with van der Waals surface area (Å²) in [5, 5.41) is 13.8. The molecule has 0 amide bonds. The van der Waals surface area contributed by atoms with Crippen molar-refractivity contribution in [2.45, 2.75) is 32.3 Å². The zero-order valence-corrected chi connectivity index (χ0v) is 12.9. The van der Waals surface area contributed by atoms with Crippen LogP contribution in [0, 0.1) is 0 Å². The molecule has 21 heavy (non-hydrogen) atoms. The first-order valence-electron chi connectivity index (χ1n) is 7.49. The minimum absolute atomic E-state index is 0.152. The van der Waals surface area contributed by atoms with Crippen molar-refractivity contribution in [3.8, 4) is 0 Å². The lowest BCUT2D eigenvalue weighted by Gasteiger charge is -2.27. The molecule has 0 bridgehead atoms. The van der Waals surface area contributed by atoms with Crippen molar-refractivity contribution in [2.75, 3.05) is 26.2 Å². The van der Waals surface area contributed by atoms with Crippen molar-refractivity contribution in [3.05, 3.63) is 36.5 Å². The molecule has 0 radical (unpaired) electrons. The molecule has 3 N–H and O–H groups in total. The highest BCUT2D eigenvalue weighted by Gasteiger charge is 2.14. The Kier molecular flexibility index (Phi) is 8.47. The van der Waals surface area contributed by atoms with Crippen molar-refractivity contribution in [2.24, 2.45) is 10.9 Å². The summed E-state index contributed by atoms with van der Waals surface area (Å²) in [6.07, 6.45) is 10.2. The molecule has 5 heteroatoms. The Morgan fingerprint density at radius 2 is 2.14 bits per heavy atom. The van der Waals surface area contributed by atoms with Crippen molar-refractivity contribution >= 4 is 5.84 Å². The van der Waals surface area contributed by atoms with Crippen molar-refractivity contribution in [3.63, 3.8) is 0 Å². The third kappa shape index (κ3) is 7.11. The lowest BCUT2D eigenvalue weighted by molar-refractivity contribution is 0.0157. The highest BCUT2D eigenvalue weighted by molar-refractivity contribution is 5.99. The molecule has 1 saturated heterocycles. The summed E-state index contributed by atoms with van der Waals surface area (Å²) in [7, 11) is 0. The number of allylic oxidation sites excluding steroid dienone is 3. The van der Waals surface area contributed by atoms with Crippen molar-refractivity contribution < 1.29 is 9.94 Å². The fraction of sp³-hybridized carbons (Fsp3) is 0.562. The van der Waals surface area contributed by atoms with E-state index in [2.05, 4.69) is 16.6 Å². The number of rotatable bonds is 8. The van der Waals surface area contributed by atoms with Gasteiger partial charge < -0.3 is 20.6 Å². The number of aliphatic hydroxyl groups is 1. The van der Waals surface area contributed by atoms with E-state index in [1.165, 1.54) is 19.3 Å². The molecule has 1 unspecified atom stereocenters. The normalized spacial score (nSPS) is 19.7. The predicted molar refractivity (Wildman–Crippen MR) is 87.0 cm³/mol. The quantitative estimate of drug-likeness (QED) is 0.310. The number of β-amino-alcohol motifs (C(OH)–C–C–N with tert-alkyl or cyclic N) is 1. The molecule has 118 valence electrons. The van der Waals surface area contributed by atoms with Gasteiger partial charge in [-0.2, -0.15) is 0 Å². The minimum Gasteiger partial charge on any atom is -0.391 e.